The van der Waals surface area contributed by atoms with Gasteiger partial charge in [-0.25, -0.2) is 8.42 Å². The third-order valence-corrected chi connectivity index (χ3v) is 4.50. The number of carbonyl (C=O) groups is 1. The first-order valence-electron chi connectivity index (χ1n) is 5.71. The largest absolute Gasteiger partial charge is 0.383 e. The smallest absolute Gasteiger partial charge is 0.262 e. The summed E-state index contributed by atoms with van der Waals surface area (Å²) < 4.78 is 27.8. The van der Waals surface area contributed by atoms with Gasteiger partial charge in [0.25, 0.3) is 15.0 Å². The second kappa shape index (κ2) is 6.76. The standard InChI is InChI=1S/C12H15Cl2NO4S/c1-7-4-9(12(16)15-8(2)6-19-3)5-10(11(7)13)20(14,17)18/h4-5,8H,6H2,1-3H3,(H,15,16). The topological polar surface area (TPSA) is 72.5 Å². The van der Waals surface area contributed by atoms with Crippen molar-refractivity contribution in [1.29, 1.82) is 0 Å². The number of benzene rings is 1. The fourth-order valence-corrected chi connectivity index (χ4v) is 3.18. The van der Waals surface area contributed by atoms with Gasteiger partial charge in [-0.05, 0) is 31.5 Å². The van der Waals surface area contributed by atoms with Crippen molar-refractivity contribution >= 4 is 37.2 Å². The number of hydrogen-bond donors (Lipinski definition) is 1. The van der Waals surface area contributed by atoms with E-state index in [0.29, 0.717) is 12.2 Å². The Morgan fingerprint density at radius 2 is 2.05 bits per heavy atom. The van der Waals surface area contributed by atoms with E-state index in [-0.39, 0.29) is 21.5 Å². The first kappa shape index (κ1) is 17.2. The number of rotatable bonds is 5. The molecule has 0 saturated carbocycles. The summed E-state index contributed by atoms with van der Waals surface area (Å²) >= 11 is 5.89. The molecule has 5 nitrogen and oxygen atoms in total. The molecule has 1 atom stereocenters. The van der Waals surface area contributed by atoms with Crippen LogP contribution in [-0.2, 0) is 13.8 Å². The van der Waals surface area contributed by atoms with Crippen LogP contribution in [0, 0.1) is 6.92 Å². The molecule has 1 rings (SSSR count). The second-order valence-electron chi connectivity index (χ2n) is 4.37. The molecule has 0 aromatic heterocycles. The van der Waals surface area contributed by atoms with E-state index in [1.807, 2.05) is 0 Å². The summed E-state index contributed by atoms with van der Waals surface area (Å²) in [6.07, 6.45) is 0. The van der Waals surface area contributed by atoms with Crippen molar-refractivity contribution in [2.75, 3.05) is 13.7 Å². The lowest BCUT2D eigenvalue weighted by Crippen LogP contribution is -2.35. The fraction of sp³-hybridized carbons (Fsp3) is 0.417. The highest BCUT2D eigenvalue weighted by molar-refractivity contribution is 8.13. The second-order valence-corrected chi connectivity index (χ2v) is 7.29. The molecule has 0 saturated heterocycles. The van der Waals surface area contributed by atoms with Crippen LogP contribution in [0.15, 0.2) is 17.0 Å². The zero-order valence-electron chi connectivity index (χ0n) is 11.2. The molecule has 1 unspecified atom stereocenters. The zero-order valence-corrected chi connectivity index (χ0v) is 13.6. The number of amides is 1. The molecule has 0 bridgehead atoms. The summed E-state index contributed by atoms with van der Waals surface area (Å²) in [5, 5.41) is 2.69. The zero-order chi connectivity index (χ0) is 15.5. The first-order chi connectivity index (χ1) is 9.16. The molecule has 8 heteroatoms. The summed E-state index contributed by atoms with van der Waals surface area (Å²) in [4.78, 5) is 11.8. The number of nitrogens with one attached hydrogen (secondary N) is 1. The van der Waals surface area contributed by atoms with Gasteiger partial charge in [0.05, 0.1) is 11.6 Å². The van der Waals surface area contributed by atoms with Crippen LogP contribution in [0.4, 0.5) is 0 Å². The quantitative estimate of drug-likeness (QED) is 0.835. The van der Waals surface area contributed by atoms with Crippen LogP contribution in [0.1, 0.15) is 22.8 Å². The number of ether oxygens (including phenoxy) is 1. The van der Waals surface area contributed by atoms with E-state index in [2.05, 4.69) is 5.32 Å². The maximum atomic E-state index is 12.0. The summed E-state index contributed by atoms with van der Waals surface area (Å²) in [5.74, 6) is -0.420. The Morgan fingerprint density at radius 1 is 1.45 bits per heavy atom. The van der Waals surface area contributed by atoms with Gasteiger partial charge in [-0.15, -0.1) is 0 Å². The molecule has 1 amide bonds. The number of halogens is 2. The van der Waals surface area contributed by atoms with Crippen LogP contribution in [0.5, 0.6) is 0 Å². The van der Waals surface area contributed by atoms with E-state index in [1.54, 1.807) is 13.8 Å². The van der Waals surface area contributed by atoms with Crippen molar-refractivity contribution in [2.45, 2.75) is 24.8 Å². The van der Waals surface area contributed by atoms with Crippen molar-refractivity contribution in [3.63, 3.8) is 0 Å². The highest BCUT2D eigenvalue weighted by Crippen LogP contribution is 2.29. The van der Waals surface area contributed by atoms with Gasteiger partial charge in [-0.1, -0.05) is 11.6 Å². The Bertz CT molecular complexity index is 616. The van der Waals surface area contributed by atoms with Crippen LogP contribution in [0.25, 0.3) is 0 Å². The lowest BCUT2D eigenvalue weighted by molar-refractivity contribution is 0.0905. The van der Waals surface area contributed by atoms with Crippen LogP contribution in [0.2, 0.25) is 5.02 Å². The Kier molecular flexibility index (Phi) is 5.82. The molecule has 0 aliphatic heterocycles. The Morgan fingerprint density at radius 3 is 2.55 bits per heavy atom. The minimum absolute atomic E-state index is 0.0153. The molecule has 0 radical (unpaired) electrons. The molecule has 1 N–H and O–H groups in total. The third-order valence-electron chi connectivity index (χ3n) is 2.54. The molecule has 112 valence electrons. The summed E-state index contributed by atoms with van der Waals surface area (Å²) in [6.45, 7) is 3.71. The number of methoxy groups -OCH3 is 1. The van der Waals surface area contributed by atoms with E-state index in [0.717, 1.165) is 6.07 Å². The van der Waals surface area contributed by atoms with Crippen molar-refractivity contribution in [3.8, 4) is 0 Å². The van der Waals surface area contributed by atoms with E-state index < -0.39 is 15.0 Å². The van der Waals surface area contributed by atoms with Gasteiger partial charge in [0.2, 0.25) is 0 Å². The maximum Gasteiger partial charge on any atom is 0.262 e. The van der Waals surface area contributed by atoms with Gasteiger partial charge < -0.3 is 10.1 Å². The highest BCUT2D eigenvalue weighted by atomic mass is 35.7. The lowest BCUT2D eigenvalue weighted by atomic mass is 10.1. The van der Waals surface area contributed by atoms with E-state index in [1.165, 1.54) is 13.2 Å². The normalized spacial score (nSPS) is 13.1. The Labute approximate surface area is 127 Å². The number of carbonyl (C=O) groups excluding carboxylic acids is 1. The average molecular weight is 340 g/mol. The lowest BCUT2D eigenvalue weighted by Gasteiger charge is -2.14. The molecule has 0 fully saturated rings. The van der Waals surface area contributed by atoms with E-state index >= 15 is 0 Å². The molecular weight excluding hydrogens is 325 g/mol. The van der Waals surface area contributed by atoms with Crippen molar-refractivity contribution in [2.24, 2.45) is 0 Å². The van der Waals surface area contributed by atoms with Gasteiger partial charge >= 0.3 is 0 Å². The van der Waals surface area contributed by atoms with Crippen LogP contribution < -0.4 is 5.32 Å². The van der Waals surface area contributed by atoms with Crippen molar-refractivity contribution in [3.05, 3.63) is 28.3 Å². The minimum Gasteiger partial charge on any atom is -0.383 e. The monoisotopic (exact) mass is 339 g/mol. The van der Waals surface area contributed by atoms with Crippen LogP contribution in [-0.4, -0.2) is 34.1 Å². The van der Waals surface area contributed by atoms with Crippen LogP contribution >= 0.6 is 22.3 Å². The Hall–Kier alpha value is -0.820. The van der Waals surface area contributed by atoms with Gasteiger partial charge in [0.15, 0.2) is 0 Å². The van der Waals surface area contributed by atoms with Crippen molar-refractivity contribution < 1.29 is 17.9 Å². The summed E-state index contributed by atoms with van der Waals surface area (Å²) in [7, 11) is 2.81. The first-order valence-corrected chi connectivity index (χ1v) is 8.40. The van der Waals surface area contributed by atoms with Gasteiger partial charge in [0, 0.05) is 29.4 Å². The fourth-order valence-electron chi connectivity index (χ4n) is 1.64. The molecule has 0 aliphatic rings. The number of hydrogen-bond acceptors (Lipinski definition) is 4. The summed E-state index contributed by atoms with van der Waals surface area (Å²) in [5.41, 5.74) is 0.631. The van der Waals surface area contributed by atoms with Gasteiger partial charge in [-0.3, -0.25) is 4.79 Å². The molecule has 0 spiro atoms. The van der Waals surface area contributed by atoms with Gasteiger partial charge in [0.1, 0.15) is 4.90 Å². The predicted octanol–water partition coefficient (Wildman–Crippen LogP) is 2.34. The molecule has 1 aromatic carbocycles. The average Bonchev–Trinajstić information content (AvgIpc) is 2.30. The third kappa shape index (κ3) is 4.34. The predicted molar refractivity (Wildman–Crippen MR) is 78.0 cm³/mol. The molecule has 0 heterocycles. The maximum absolute atomic E-state index is 12.0. The highest BCUT2D eigenvalue weighted by Gasteiger charge is 2.20. The minimum atomic E-state index is -4.02. The van der Waals surface area contributed by atoms with Crippen LogP contribution in [0.3, 0.4) is 0 Å². The number of aryl methyl sites for hydroxylation is 1. The van der Waals surface area contributed by atoms with Gasteiger partial charge in [-0.2, -0.15) is 0 Å². The van der Waals surface area contributed by atoms with E-state index in [9.17, 15) is 13.2 Å². The molecular formula is C12H15Cl2NO4S. The molecule has 20 heavy (non-hydrogen) atoms. The SMILES string of the molecule is COCC(C)NC(=O)c1cc(C)c(Cl)c(S(=O)(=O)Cl)c1. The molecule has 0 aliphatic carbocycles. The summed E-state index contributed by atoms with van der Waals surface area (Å²) in [6, 6.07) is 2.45. The van der Waals surface area contributed by atoms with Crippen molar-refractivity contribution in [1.82, 2.24) is 5.32 Å². The van der Waals surface area contributed by atoms with E-state index in [4.69, 9.17) is 27.0 Å². The molecule has 1 aromatic rings. The Balaban J connectivity index is 3.15.